The SMILES string of the molecule is COc1cc(C)c2c(c1CCC(=O)O)CCCC2. The van der Waals surface area contributed by atoms with Crippen LogP contribution in [0.2, 0.25) is 0 Å². The van der Waals surface area contributed by atoms with E-state index in [4.69, 9.17) is 9.84 Å². The standard InChI is InChI=1S/C15H20O3/c1-10-9-14(18-2)13(7-8-15(16)17)12-6-4-3-5-11(10)12/h9H,3-8H2,1-2H3,(H,16,17). The first-order valence-electron chi connectivity index (χ1n) is 6.53. The molecule has 1 aromatic carbocycles. The lowest BCUT2D eigenvalue weighted by Gasteiger charge is -2.23. The molecule has 0 saturated heterocycles. The van der Waals surface area contributed by atoms with Gasteiger partial charge in [-0.05, 0) is 67.3 Å². The van der Waals surface area contributed by atoms with Crippen molar-refractivity contribution in [1.29, 1.82) is 0 Å². The molecule has 3 nitrogen and oxygen atoms in total. The zero-order valence-corrected chi connectivity index (χ0v) is 11.1. The van der Waals surface area contributed by atoms with Gasteiger partial charge >= 0.3 is 5.97 Å². The summed E-state index contributed by atoms with van der Waals surface area (Å²) in [5, 5.41) is 8.86. The number of benzene rings is 1. The highest BCUT2D eigenvalue weighted by Crippen LogP contribution is 2.34. The summed E-state index contributed by atoms with van der Waals surface area (Å²) in [4.78, 5) is 10.8. The molecule has 3 heteroatoms. The lowest BCUT2D eigenvalue weighted by molar-refractivity contribution is -0.136. The normalized spacial score (nSPS) is 14.1. The van der Waals surface area contributed by atoms with Gasteiger partial charge in [0.25, 0.3) is 0 Å². The molecule has 0 bridgehead atoms. The van der Waals surface area contributed by atoms with Crippen molar-refractivity contribution in [3.8, 4) is 5.75 Å². The lowest BCUT2D eigenvalue weighted by Crippen LogP contribution is -2.11. The Hall–Kier alpha value is -1.51. The maximum Gasteiger partial charge on any atom is 0.303 e. The maximum absolute atomic E-state index is 10.8. The molecule has 98 valence electrons. The molecule has 18 heavy (non-hydrogen) atoms. The quantitative estimate of drug-likeness (QED) is 0.891. The van der Waals surface area contributed by atoms with E-state index < -0.39 is 5.97 Å². The Morgan fingerprint density at radius 2 is 2.00 bits per heavy atom. The van der Waals surface area contributed by atoms with Crippen molar-refractivity contribution in [3.05, 3.63) is 28.3 Å². The van der Waals surface area contributed by atoms with Gasteiger partial charge in [-0.3, -0.25) is 4.79 Å². The molecule has 2 rings (SSSR count). The van der Waals surface area contributed by atoms with Crippen LogP contribution in [0, 0.1) is 6.92 Å². The number of carboxylic acid groups (broad SMARTS) is 1. The first-order valence-corrected chi connectivity index (χ1v) is 6.53. The smallest absolute Gasteiger partial charge is 0.303 e. The molecule has 0 unspecified atom stereocenters. The molecule has 0 spiro atoms. The highest BCUT2D eigenvalue weighted by molar-refractivity contribution is 5.67. The Labute approximate surface area is 108 Å². The number of carboxylic acids is 1. The third kappa shape index (κ3) is 2.50. The average molecular weight is 248 g/mol. The fourth-order valence-electron chi connectivity index (χ4n) is 2.88. The molecule has 0 saturated carbocycles. The summed E-state index contributed by atoms with van der Waals surface area (Å²) >= 11 is 0. The summed E-state index contributed by atoms with van der Waals surface area (Å²) in [6, 6.07) is 2.06. The molecule has 0 amide bonds. The van der Waals surface area contributed by atoms with E-state index in [-0.39, 0.29) is 6.42 Å². The van der Waals surface area contributed by atoms with Crippen LogP contribution in [0.15, 0.2) is 6.07 Å². The monoisotopic (exact) mass is 248 g/mol. The Balaban J connectivity index is 2.43. The molecule has 0 radical (unpaired) electrons. The molecular formula is C15H20O3. The summed E-state index contributed by atoms with van der Waals surface area (Å²) in [6.07, 6.45) is 5.35. The summed E-state index contributed by atoms with van der Waals surface area (Å²) < 4.78 is 5.43. The Morgan fingerprint density at radius 3 is 2.61 bits per heavy atom. The largest absolute Gasteiger partial charge is 0.496 e. The number of hydrogen-bond donors (Lipinski definition) is 1. The van der Waals surface area contributed by atoms with E-state index in [1.165, 1.54) is 29.5 Å². The van der Waals surface area contributed by atoms with Gasteiger partial charge in [0.2, 0.25) is 0 Å². The maximum atomic E-state index is 10.8. The number of hydrogen-bond acceptors (Lipinski definition) is 2. The molecule has 1 aromatic rings. The predicted octanol–water partition coefficient (Wildman–Crippen LogP) is 2.90. The first kappa shape index (κ1) is 12.9. The van der Waals surface area contributed by atoms with Crippen LogP contribution < -0.4 is 4.74 Å². The van der Waals surface area contributed by atoms with Crippen LogP contribution >= 0.6 is 0 Å². The van der Waals surface area contributed by atoms with Gasteiger partial charge in [-0.1, -0.05) is 0 Å². The third-order valence-corrected chi connectivity index (χ3v) is 3.76. The minimum absolute atomic E-state index is 0.172. The van der Waals surface area contributed by atoms with Gasteiger partial charge in [-0.25, -0.2) is 0 Å². The Kier molecular flexibility index (Phi) is 3.90. The van der Waals surface area contributed by atoms with Gasteiger partial charge in [0, 0.05) is 6.42 Å². The summed E-state index contributed by atoms with van der Waals surface area (Å²) in [7, 11) is 1.66. The molecule has 1 N–H and O–H groups in total. The van der Waals surface area contributed by atoms with Gasteiger partial charge in [-0.15, -0.1) is 0 Å². The number of methoxy groups -OCH3 is 1. The van der Waals surface area contributed by atoms with Gasteiger partial charge in [0.05, 0.1) is 7.11 Å². The molecule has 0 aliphatic heterocycles. The van der Waals surface area contributed by atoms with Crippen LogP contribution in [-0.2, 0) is 24.1 Å². The highest BCUT2D eigenvalue weighted by atomic mass is 16.5. The van der Waals surface area contributed by atoms with Crippen molar-refractivity contribution < 1.29 is 14.6 Å². The number of aryl methyl sites for hydroxylation is 1. The van der Waals surface area contributed by atoms with Gasteiger partial charge in [0.15, 0.2) is 0 Å². The third-order valence-electron chi connectivity index (χ3n) is 3.76. The lowest BCUT2D eigenvalue weighted by atomic mass is 9.83. The van der Waals surface area contributed by atoms with E-state index in [0.29, 0.717) is 6.42 Å². The van der Waals surface area contributed by atoms with Gasteiger partial charge in [-0.2, -0.15) is 0 Å². The van der Waals surface area contributed by atoms with Crippen LogP contribution in [0.3, 0.4) is 0 Å². The van der Waals surface area contributed by atoms with E-state index in [0.717, 1.165) is 24.2 Å². The summed E-state index contributed by atoms with van der Waals surface area (Å²) in [6.45, 7) is 2.12. The van der Waals surface area contributed by atoms with Gasteiger partial charge in [0.1, 0.15) is 5.75 Å². The molecule has 0 atom stereocenters. The summed E-state index contributed by atoms with van der Waals surface area (Å²) in [5.41, 5.74) is 5.16. The fraction of sp³-hybridized carbons (Fsp3) is 0.533. The van der Waals surface area contributed by atoms with Gasteiger partial charge < -0.3 is 9.84 Å². The minimum Gasteiger partial charge on any atom is -0.496 e. The van der Waals surface area contributed by atoms with E-state index >= 15 is 0 Å². The number of fused-ring (bicyclic) bond motifs is 1. The van der Waals surface area contributed by atoms with Crippen LogP contribution in [0.1, 0.15) is 41.5 Å². The molecular weight excluding hydrogens is 228 g/mol. The second-order valence-corrected chi connectivity index (χ2v) is 4.93. The predicted molar refractivity (Wildman–Crippen MR) is 70.3 cm³/mol. The topological polar surface area (TPSA) is 46.5 Å². The average Bonchev–Trinajstić information content (AvgIpc) is 2.37. The van der Waals surface area contributed by atoms with Crippen molar-refractivity contribution in [2.75, 3.05) is 7.11 Å². The summed E-state index contributed by atoms with van der Waals surface area (Å²) in [5.74, 6) is 0.108. The zero-order chi connectivity index (χ0) is 13.1. The molecule has 0 aromatic heterocycles. The molecule has 0 heterocycles. The second-order valence-electron chi connectivity index (χ2n) is 4.93. The zero-order valence-electron chi connectivity index (χ0n) is 11.1. The number of rotatable bonds is 4. The van der Waals surface area contributed by atoms with Crippen LogP contribution in [0.5, 0.6) is 5.75 Å². The van der Waals surface area contributed by atoms with Crippen LogP contribution in [0.4, 0.5) is 0 Å². The van der Waals surface area contributed by atoms with E-state index in [1.54, 1.807) is 7.11 Å². The van der Waals surface area contributed by atoms with E-state index in [1.807, 2.05) is 0 Å². The van der Waals surface area contributed by atoms with E-state index in [9.17, 15) is 4.79 Å². The molecule has 1 aliphatic carbocycles. The van der Waals surface area contributed by atoms with Crippen LogP contribution in [0.25, 0.3) is 0 Å². The van der Waals surface area contributed by atoms with Crippen molar-refractivity contribution in [3.63, 3.8) is 0 Å². The Morgan fingerprint density at radius 1 is 1.33 bits per heavy atom. The number of aliphatic carboxylic acids is 1. The minimum atomic E-state index is -0.748. The van der Waals surface area contributed by atoms with Crippen LogP contribution in [-0.4, -0.2) is 18.2 Å². The van der Waals surface area contributed by atoms with Crippen molar-refractivity contribution in [2.45, 2.75) is 45.4 Å². The number of carbonyl (C=O) groups is 1. The first-order chi connectivity index (χ1) is 8.63. The van der Waals surface area contributed by atoms with E-state index in [2.05, 4.69) is 13.0 Å². The molecule has 0 fully saturated rings. The Bertz CT molecular complexity index is 463. The van der Waals surface area contributed by atoms with Crippen molar-refractivity contribution in [1.82, 2.24) is 0 Å². The van der Waals surface area contributed by atoms with Crippen molar-refractivity contribution >= 4 is 5.97 Å². The fourth-order valence-corrected chi connectivity index (χ4v) is 2.88. The highest BCUT2D eigenvalue weighted by Gasteiger charge is 2.19. The second kappa shape index (κ2) is 5.42. The molecule has 1 aliphatic rings. The van der Waals surface area contributed by atoms with Crippen molar-refractivity contribution in [2.24, 2.45) is 0 Å². The number of ether oxygens (including phenoxy) is 1.